The summed E-state index contributed by atoms with van der Waals surface area (Å²) in [6, 6.07) is 1.54. The van der Waals surface area contributed by atoms with Crippen LogP contribution in [0.1, 0.15) is 17.4 Å². The van der Waals surface area contributed by atoms with Crippen molar-refractivity contribution >= 4 is 23.2 Å². The highest BCUT2D eigenvalue weighted by molar-refractivity contribution is 7.98. The van der Waals surface area contributed by atoms with Gasteiger partial charge < -0.3 is 9.64 Å². The molecule has 0 aromatic carbocycles. The molecule has 0 spiro atoms. The molecule has 0 radical (unpaired) electrons. The van der Waals surface area contributed by atoms with Gasteiger partial charge in [0.05, 0.1) is 25.5 Å². The number of fused-ring (bicyclic) bond motifs is 1. The standard InChI is InChI=1S/C17H20N6O2S/c1-11-6-15(24)23-10-14(20-17(26-3)16(23)19-11)22-4-5-25-13(9-22)12-7-18-21(2)8-12/h6-8,10,13H,4-5,9H2,1-3H3. The Bertz CT molecular complexity index is 1010. The van der Waals surface area contributed by atoms with Gasteiger partial charge in [-0.15, -0.1) is 11.8 Å². The number of aromatic nitrogens is 5. The van der Waals surface area contributed by atoms with Gasteiger partial charge in [-0.1, -0.05) is 0 Å². The molecule has 0 N–H and O–H groups in total. The second-order valence-electron chi connectivity index (χ2n) is 6.29. The van der Waals surface area contributed by atoms with E-state index >= 15 is 0 Å². The number of morpholine rings is 1. The molecule has 1 aliphatic heterocycles. The summed E-state index contributed by atoms with van der Waals surface area (Å²) in [5, 5.41) is 4.97. The summed E-state index contributed by atoms with van der Waals surface area (Å²) in [7, 11) is 1.89. The van der Waals surface area contributed by atoms with Crippen molar-refractivity contribution in [3.63, 3.8) is 0 Å². The Morgan fingerprint density at radius 3 is 2.88 bits per heavy atom. The summed E-state index contributed by atoms with van der Waals surface area (Å²) in [4.78, 5) is 23.8. The Balaban J connectivity index is 1.72. The van der Waals surface area contributed by atoms with Gasteiger partial charge in [0.25, 0.3) is 5.56 Å². The Kier molecular flexibility index (Phi) is 4.41. The van der Waals surface area contributed by atoms with Crippen molar-refractivity contribution in [1.82, 2.24) is 24.1 Å². The van der Waals surface area contributed by atoms with Gasteiger partial charge >= 0.3 is 0 Å². The summed E-state index contributed by atoms with van der Waals surface area (Å²) in [6.07, 6.45) is 7.44. The Hall–Kier alpha value is -2.39. The summed E-state index contributed by atoms with van der Waals surface area (Å²) in [5.41, 5.74) is 2.24. The third-order valence-electron chi connectivity index (χ3n) is 4.41. The molecule has 4 rings (SSSR count). The average Bonchev–Trinajstić information content (AvgIpc) is 3.07. The topological polar surface area (TPSA) is 77.5 Å². The van der Waals surface area contributed by atoms with E-state index in [9.17, 15) is 4.79 Å². The fourth-order valence-electron chi connectivity index (χ4n) is 3.13. The first kappa shape index (κ1) is 17.0. The molecule has 1 saturated heterocycles. The number of rotatable bonds is 3. The molecule has 9 heteroatoms. The fraction of sp³-hybridized carbons (Fsp3) is 0.412. The molecule has 1 fully saturated rings. The number of hydrogen-bond acceptors (Lipinski definition) is 7. The molecule has 4 heterocycles. The Morgan fingerprint density at radius 2 is 2.15 bits per heavy atom. The number of aryl methyl sites for hydroxylation is 2. The van der Waals surface area contributed by atoms with E-state index in [0.717, 1.165) is 23.0 Å². The minimum atomic E-state index is -0.0940. The van der Waals surface area contributed by atoms with Crippen molar-refractivity contribution in [2.45, 2.75) is 18.1 Å². The van der Waals surface area contributed by atoms with Crippen molar-refractivity contribution in [1.29, 1.82) is 0 Å². The first-order valence-electron chi connectivity index (χ1n) is 8.35. The zero-order valence-corrected chi connectivity index (χ0v) is 15.7. The number of ether oxygens (including phenoxy) is 1. The van der Waals surface area contributed by atoms with Crippen molar-refractivity contribution in [2.24, 2.45) is 7.05 Å². The van der Waals surface area contributed by atoms with Crippen LogP contribution in [0.15, 0.2) is 34.5 Å². The van der Waals surface area contributed by atoms with Crippen LogP contribution in [0.5, 0.6) is 0 Å². The highest BCUT2D eigenvalue weighted by Gasteiger charge is 2.25. The molecular weight excluding hydrogens is 352 g/mol. The second-order valence-corrected chi connectivity index (χ2v) is 7.09. The molecule has 3 aromatic heterocycles. The van der Waals surface area contributed by atoms with E-state index in [0.29, 0.717) is 24.5 Å². The van der Waals surface area contributed by atoms with Gasteiger partial charge in [-0.05, 0) is 13.2 Å². The Morgan fingerprint density at radius 1 is 1.31 bits per heavy atom. The molecular formula is C17H20N6O2S. The van der Waals surface area contributed by atoms with Crippen LogP contribution in [-0.2, 0) is 11.8 Å². The van der Waals surface area contributed by atoms with Gasteiger partial charge in [-0.2, -0.15) is 5.10 Å². The zero-order chi connectivity index (χ0) is 18.3. The summed E-state index contributed by atoms with van der Waals surface area (Å²) in [5.74, 6) is 0.756. The zero-order valence-electron chi connectivity index (χ0n) is 14.9. The molecule has 3 aromatic rings. The summed E-state index contributed by atoms with van der Waals surface area (Å²) >= 11 is 1.49. The van der Waals surface area contributed by atoms with Crippen LogP contribution in [0.3, 0.4) is 0 Å². The Labute approximate surface area is 154 Å². The minimum absolute atomic E-state index is 0.0689. The van der Waals surface area contributed by atoms with Crippen LogP contribution in [0.25, 0.3) is 5.65 Å². The molecule has 0 saturated carbocycles. The van der Waals surface area contributed by atoms with Crippen LogP contribution in [0, 0.1) is 6.92 Å². The first-order chi connectivity index (χ1) is 12.5. The molecule has 8 nitrogen and oxygen atoms in total. The number of anilines is 1. The maximum Gasteiger partial charge on any atom is 0.258 e. The molecule has 0 bridgehead atoms. The van der Waals surface area contributed by atoms with E-state index in [4.69, 9.17) is 9.72 Å². The highest BCUT2D eigenvalue weighted by atomic mass is 32.2. The quantitative estimate of drug-likeness (QED) is 0.644. The van der Waals surface area contributed by atoms with Crippen molar-refractivity contribution in [3.8, 4) is 0 Å². The third-order valence-corrected chi connectivity index (χ3v) is 5.07. The maximum atomic E-state index is 12.4. The lowest BCUT2D eigenvalue weighted by atomic mass is 10.1. The van der Waals surface area contributed by atoms with E-state index in [1.54, 1.807) is 21.3 Å². The fourth-order valence-corrected chi connectivity index (χ4v) is 3.65. The maximum absolute atomic E-state index is 12.4. The van der Waals surface area contributed by atoms with E-state index in [-0.39, 0.29) is 11.7 Å². The largest absolute Gasteiger partial charge is 0.370 e. The lowest BCUT2D eigenvalue weighted by molar-refractivity contribution is 0.0394. The molecule has 1 aliphatic rings. The van der Waals surface area contributed by atoms with Gasteiger partial charge in [0, 0.05) is 37.1 Å². The highest BCUT2D eigenvalue weighted by Crippen LogP contribution is 2.27. The van der Waals surface area contributed by atoms with E-state index in [2.05, 4.69) is 15.0 Å². The van der Waals surface area contributed by atoms with Gasteiger partial charge in [0.15, 0.2) is 5.65 Å². The molecule has 1 atom stereocenters. The van der Waals surface area contributed by atoms with Gasteiger partial charge in [-0.3, -0.25) is 13.9 Å². The van der Waals surface area contributed by atoms with Gasteiger partial charge in [0.2, 0.25) is 0 Å². The predicted octanol–water partition coefficient (Wildman–Crippen LogP) is 1.43. The molecule has 26 heavy (non-hydrogen) atoms. The second kappa shape index (κ2) is 6.73. The minimum Gasteiger partial charge on any atom is -0.370 e. The smallest absolute Gasteiger partial charge is 0.258 e. The van der Waals surface area contributed by atoms with E-state index in [1.165, 1.54) is 11.8 Å². The van der Waals surface area contributed by atoms with Gasteiger partial charge in [-0.25, -0.2) is 9.97 Å². The van der Waals surface area contributed by atoms with Crippen LogP contribution < -0.4 is 10.5 Å². The van der Waals surface area contributed by atoms with Gasteiger partial charge in [0.1, 0.15) is 16.9 Å². The van der Waals surface area contributed by atoms with Crippen LogP contribution in [0.4, 0.5) is 5.82 Å². The SMILES string of the molecule is CSc1nc(N2CCOC(c3cnn(C)c3)C2)cn2c(=O)cc(C)nc12. The molecule has 1 unspecified atom stereocenters. The predicted molar refractivity (Wildman–Crippen MR) is 99.9 cm³/mol. The van der Waals surface area contributed by atoms with E-state index < -0.39 is 0 Å². The summed E-state index contributed by atoms with van der Waals surface area (Å²) < 4.78 is 9.25. The molecule has 0 aliphatic carbocycles. The van der Waals surface area contributed by atoms with Crippen LogP contribution >= 0.6 is 11.8 Å². The van der Waals surface area contributed by atoms with Crippen LogP contribution in [0.2, 0.25) is 0 Å². The van der Waals surface area contributed by atoms with Crippen molar-refractivity contribution < 1.29 is 4.74 Å². The lowest BCUT2D eigenvalue weighted by Crippen LogP contribution is -2.39. The third kappa shape index (κ3) is 3.08. The monoisotopic (exact) mass is 372 g/mol. The normalized spacial score (nSPS) is 17.8. The van der Waals surface area contributed by atoms with Crippen molar-refractivity contribution in [2.75, 3.05) is 30.9 Å². The van der Waals surface area contributed by atoms with Crippen molar-refractivity contribution in [3.05, 3.63) is 46.3 Å². The average molecular weight is 372 g/mol. The number of nitrogens with zero attached hydrogens (tertiary/aromatic N) is 6. The molecule has 136 valence electrons. The first-order valence-corrected chi connectivity index (χ1v) is 9.58. The lowest BCUT2D eigenvalue weighted by Gasteiger charge is -2.33. The van der Waals surface area contributed by atoms with Crippen LogP contribution in [-0.4, -0.2) is 50.1 Å². The number of hydrogen-bond donors (Lipinski definition) is 0. The summed E-state index contributed by atoms with van der Waals surface area (Å²) in [6.45, 7) is 3.79. The molecule has 0 amide bonds. The van der Waals surface area contributed by atoms with E-state index in [1.807, 2.05) is 32.6 Å². The number of thioether (sulfide) groups is 1.